The Morgan fingerprint density at radius 1 is 1.38 bits per heavy atom. The van der Waals surface area contributed by atoms with E-state index >= 15 is 0 Å². The minimum Gasteiger partial charge on any atom is -0.357 e. The molecule has 0 aromatic carbocycles. The Morgan fingerprint density at radius 3 is 2.81 bits per heavy atom. The number of hydrogen-bond acceptors (Lipinski definition) is 1. The van der Waals surface area contributed by atoms with Crippen molar-refractivity contribution < 1.29 is 0 Å². The predicted octanol–water partition coefficient (Wildman–Crippen LogP) is 2.94. The number of hydrogen-bond donors (Lipinski definition) is 1. The summed E-state index contributed by atoms with van der Waals surface area (Å²) in [6, 6.07) is 2.92. The van der Waals surface area contributed by atoms with Crippen LogP contribution >= 0.6 is 0 Å². The van der Waals surface area contributed by atoms with Crippen molar-refractivity contribution in [1.29, 1.82) is 0 Å². The van der Waals surface area contributed by atoms with Gasteiger partial charge in [-0.05, 0) is 42.7 Å². The summed E-state index contributed by atoms with van der Waals surface area (Å²) in [5, 5.41) is 3.71. The zero-order valence-corrected chi connectivity index (χ0v) is 10.7. The highest BCUT2D eigenvalue weighted by molar-refractivity contribution is 5.09. The maximum absolute atomic E-state index is 3.71. The summed E-state index contributed by atoms with van der Waals surface area (Å²) < 4.78 is 2.11. The molecule has 3 unspecified atom stereocenters. The van der Waals surface area contributed by atoms with E-state index in [1.807, 2.05) is 0 Å². The third kappa shape index (κ3) is 2.88. The van der Waals surface area contributed by atoms with Crippen molar-refractivity contribution in [3.05, 3.63) is 24.0 Å². The first-order chi connectivity index (χ1) is 7.65. The summed E-state index contributed by atoms with van der Waals surface area (Å²) in [6.07, 6.45) is 8.42. The third-order valence-electron chi connectivity index (χ3n) is 3.89. The van der Waals surface area contributed by atoms with Crippen molar-refractivity contribution in [1.82, 2.24) is 9.88 Å². The molecule has 90 valence electrons. The van der Waals surface area contributed by atoms with Gasteiger partial charge in [0.1, 0.15) is 0 Å². The molecule has 2 heteroatoms. The number of rotatable bonds is 3. The molecule has 2 nitrogen and oxygen atoms in total. The lowest BCUT2D eigenvalue weighted by Crippen LogP contribution is -2.38. The van der Waals surface area contributed by atoms with E-state index in [1.54, 1.807) is 0 Å². The Balaban J connectivity index is 1.81. The fourth-order valence-corrected chi connectivity index (χ4v) is 2.88. The second-order valence-electron chi connectivity index (χ2n) is 5.57. The number of nitrogens with one attached hydrogen (secondary N) is 1. The molecule has 16 heavy (non-hydrogen) atoms. The number of aromatic nitrogens is 1. The molecule has 1 aliphatic rings. The maximum atomic E-state index is 3.71. The molecule has 1 fully saturated rings. The molecule has 1 aromatic rings. The normalized spacial score (nSPS) is 30.6. The highest BCUT2D eigenvalue weighted by Crippen LogP contribution is 2.28. The van der Waals surface area contributed by atoms with Crippen LogP contribution < -0.4 is 5.32 Å². The van der Waals surface area contributed by atoms with E-state index in [2.05, 4.69) is 49.2 Å². The van der Waals surface area contributed by atoms with E-state index in [-0.39, 0.29) is 0 Å². The number of nitrogens with zero attached hydrogens (tertiary/aromatic N) is 1. The second kappa shape index (κ2) is 5.05. The Bertz CT molecular complexity index is 329. The molecule has 0 amide bonds. The molecule has 3 atom stereocenters. The zero-order chi connectivity index (χ0) is 11.5. The predicted molar refractivity (Wildman–Crippen MR) is 68.2 cm³/mol. The largest absolute Gasteiger partial charge is 0.357 e. The Kier molecular flexibility index (Phi) is 3.70. The molecule has 0 radical (unpaired) electrons. The van der Waals surface area contributed by atoms with E-state index < -0.39 is 0 Å². The average Bonchev–Trinajstić information content (AvgIpc) is 2.63. The SMILES string of the molecule is CC1CCC(NCc2ccn(C)c2)C(C)C1. The van der Waals surface area contributed by atoms with Crippen LogP contribution in [0.4, 0.5) is 0 Å². The summed E-state index contributed by atoms with van der Waals surface area (Å²) >= 11 is 0. The summed E-state index contributed by atoms with van der Waals surface area (Å²) in [5.74, 6) is 1.75. The van der Waals surface area contributed by atoms with E-state index in [0.717, 1.165) is 24.4 Å². The number of aryl methyl sites for hydroxylation is 1. The Labute approximate surface area is 99.0 Å². The van der Waals surface area contributed by atoms with Crippen molar-refractivity contribution in [2.75, 3.05) is 0 Å². The molecular weight excluding hydrogens is 196 g/mol. The zero-order valence-electron chi connectivity index (χ0n) is 10.7. The van der Waals surface area contributed by atoms with Crippen molar-refractivity contribution in [2.45, 2.75) is 45.7 Å². The molecular formula is C14H24N2. The summed E-state index contributed by atoms with van der Waals surface area (Å²) in [6.45, 7) is 5.78. The van der Waals surface area contributed by atoms with E-state index in [4.69, 9.17) is 0 Å². The lowest BCUT2D eigenvalue weighted by molar-refractivity contribution is 0.227. The summed E-state index contributed by atoms with van der Waals surface area (Å²) in [5.41, 5.74) is 1.40. The van der Waals surface area contributed by atoms with Crippen LogP contribution in [0.1, 0.15) is 38.7 Å². The van der Waals surface area contributed by atoms with E-state index in [0.29, 0.717) is 0 Å². The molecule has 1 heterocycles. The highest BCUT2D eigenvalue weighted by Gasteiger charge is 2.24. The van der Waals surface area contributed by atoms with Crippen LogP contribution in [0, 0.1) is 11.8 Å². The quantitative estimate of drug-likeness (QED) is 0.828. The molecule has 1 aromatic heterocycles. The van der Waals surface area contributed by atoms with Gasteiger partial charge in [-0.2, -0.15) is 0 Å². The molecule has 2 rings (SSSR count). The molecule has 0 aliphatic heterocycles. The fraction of sp³-hybridized carbons (Fsp3) is 0.714. The first-order valence-electron chi connectivity index (χ1n) is 6.49. The molecule has 0 spiro atoms. The van der Waals surface area contributed by atoms with Gasteiger partial charge in [-0.3, -0.25) is 0 Å². The van der Waals surface area contributed by atoms with Gasteiger partial charge in [0.15, 0.2) is 0 Å². The van der Waals surface area contributed by atoms with Crippen molar-refractivity contribution >= 4 is 0 Å². The Morgan fingerprint density at radius 2 is 2.19 bits per heavy atom. The van der Waals surface area contributed by atoms with Gasteiger partial charge in [-0.15, -0.1) is 0 Å². The van der Waals surface area contributed by atoms with Crippen LogP contribution in [0.3, 0.4) is 0 Å². The minimum absolute atomic E-state index is 0.719. The smallest absolute Gasteiger partial charge is 0.0223 e. The van der Waals surface area contributed by atoms with Gasteiger partial charge in [0.2, 0.25) is 0 Å². The first kappa shape index (κ1) is 11.7. The molecule has 0 bridgehead atoms. The van der Waals surface area contributed by atoms with Crippen molar-refractivity contribution in [3.63, 3.8) is 0 Å². The van der Waals surface area contributed by atoms with Gasteiger partial charge >= 0.3 is 0 Å². The lowest BCUT2D eigenvalue weighted by atomic mass is 9.80. The summed E-state index contributed by atoms with van der Waals surface area (Å²) in [4.78, 5) is 0. The van der Waals surface area contributed by atoms with Gasteiger partial charge in [0.25, 0.3) is 0 Å². The van der Waals surface area contributed by atoms with Crippen LogP contribution in [-0.2, 0) is 13.6 Å². The monoisotopic (exact) mass is 220 g/mol. The van der Waals surface area contributed by atoms with Gasteiger partial charge in [-0.25, -0.2) is 0 Å². The molecule has 1 saturated carbocycles. The molecule has 0 saturated heterocycles. The van der Waals surface area contributed by atoms with Gasteiger partial charge in [0.05, 0.1) is 0 Å². The highest BCUT2D eigenvalue weighted by atomic mass is 14.9. The van der Waals surface area contributed by atoms with Gasteiger partial charge in [0, 0.05) is 32.0 Å². The van der Waals surface area contributed by atoms with Crippen LogP contribution in [0.5, 0.6) is 0 Å². The van der Waals surface area contributed by atoms with E-state index in [1.165, 1.54) is 24.8 Å². The first-order valence-corrected chi connectivity index (χ1v) is 6.49. The topological polar surface area (TPSA) is 17.0 Å². The van der Waals surface area contributed by atoms with Gasteiger partial charge < -0.3 is 9.88 Å². The average molecular weight is 220 g/mol. The minimum atomic E-state index is 0.719. The van der Waals surface area contributed by atoms with Crippen LogP contribution in [0.25, 0.3) is 0 Å². The fourth-order valence-electron chi connectivity index (χ4n) is 2.88. The lowest BCUT2D eigenvalue weighted by Gasteiger charge is -2.33. The maximum Gasteiger partial charge on any atom is 0.0223 e. The van der Waals surface area contributed by atoms with E-state index in [9.17, 15) is 0 Å². The van der Waals surface area contributed by atoms with Crippen LogP contribution in [0.2, 0.25) is 0 Å². The molecule has 1 aliphatic carbocycles. The Hall–Kier alpha value is -0.760. The van der Waals surface area contributed by atoms with Gasteiger partial charge in [-0.1, -0.05) is 13.8 Å². The second-order valence-corrected chi connectivity index (χ2v) is 5.57. The van der Waals surface area contributed by atoms with Crippen molar-refractivity contribution in [2.24, 2.45) is 18.9 Å². The molecule has 1 N–H and O–H groups in total. The summed E-state index contributed by atoms with van der Waals surface area (Å²) in [7, 11) is 2.08. The standard InChI is InChI=1S/C14H24N2/c1-11-4-5-14(12(2)8-11)15-9-13-6-7-16(3)10-13/h6-7,10-12,14-15H,4-5,8-9H2,1-3H3. The van der Waals surface area contributed by atoms with Crippen LogP contribution in [-0.4, -0.2) is 10.6 Å². The third-order valence-corrected chi connectivity index (χ3v) is 3.89. The van der Waals surface area contributed by atoms with Crippen LogP contribution in [0.15, 0.2) is 18.5 Å². The van der Waals surface area contributed by atoms with Crippen molar-refractivity contribution in [3.8, 4) is 0 Å².